The van der Waals surface area contributed by atoms with Crippen LogP contribution in [-0.2, 0) is 12.8 Å². The summed E-state index contributed by atoms with van der Waals surface area (Å²) in [5.41, 5.74) is 5.88. The van der Waals surface area contributed by atoms with Crippen LogP contribution in [0, 0.1) is 0 Å². The average molecular weight is 617 g/mol. The van der Waals surface area contributed by atoms with Gasteiger partial charge in [-0.05, 0) is 103 Å². The summed E-state index contributed by atoms with van der Waals surface area (Å²) < 4.78 is 5.75. The summed E-state index contributed by atoms with van der Waals surface area (Å²) >= 11 is 6.31. The fourth-order valence-electron chi connectivity index (χ4n) is 5.28. The molecule has 5 aromatic rings. The van der Waals surface area contributed by atoms with E-state index in [0.29, 0.717) is 33.7 Å². The predicted octanol–water partition coefficient (Wildman–Crippen LogP) is 4.83. The Bertz CT molecular complexity index is 1780. The van der Waals surface area contributed by atoms with Crippen molar-refractivity contribution in [2.75, 3.05) is 5.32 Å². The van der Waals surface area contributed by atoms with Crippen LogP contribution in [0.1, 0.15) is 71.1 Å². The van der Waals surface area contributed by atoms with Crippen LogP contribution < -0.4 is 44.7 Å². The van der Waals surface area contributed by atoms with Crippen molar-refractivity contribution < 1.29 is 49.0 Å². The summed E-state index contributed by atoms with van der Waals surface area (Å²) in [5.74, 6) is -1.33. The maximum atomic E-state index is 13.5. The number of hydrogen-bond acceptors (Lipinski definition) is 4. The van der Waals surface area contributed by atoms with Gasteiger partial charge in [0.25, 0.3) is 5.91 Å². The number of nitrogens with one attached hydrogen (secondary N) is 2. The molecule has 8 heteroatoms. The van der Waals surface area contributed by atoms with Crippen molar-refractivity contribution in [1.82, 2.24) is 4.98 Å². The van der Waals surface area contributed by atoms with Gasteiger partial charge in [-0.25, -0.2) is 0 Å². The second-order valence-corrected chi connectivity index (χ2v) is 11.4. The number of aromatic carboxylic acids is 1. The number of ether oxygens (including phenoxy) is 1. The number of unbranched alkanes of at least 4 members (excludes halogenated alkanes) is 1. The van der Waals surface area contributed by atoms with Crippen molar-refractivity contribution in [3.63, 3.8) is 0 Å². The minimum absolute atomic E-state index is 0. The molecule has 0 saturated carbocycles. The van der Waals surface area contributed by atoms with E-state index in [2.05, 4.69) is 41.5 Å². The molecule has 0 unspecified atom stereocenters. The standard InChI is InChI=1S/C36H35ClN2O4.Na/c1-4-5-8-23-13-15-25(16-14-23)27-19-28(17-24-9-6-11-29(37)18-24)32-31(21-27)38-34(36(41)42)33(32)39-35(40)26-10-7-12-30(20-26)43-22(2)3;/h6-7,9-16,18-22,38H,4-5,8,17H2,1-3H3,(H,39,40)(H,41,42);/q;+1/p-1. The second-order valence-electron chi connectivity index (χ2n) is 11.0. The molecule has 0 aliphatic carbocycles. The Hall–Kier alpha value is -3.55. The number of aromatic amines is 1. The number of fused-ring (bicyclic) bond motifs is 1. The first kappa shape index (κ1) is 33.3. The molecule has 1 amide bonds. The van der Waals surface area contributed by atoms with Crippen LogP contribution in [-0.4, -0.2) is 23.0 Å². The van der Waals surface area contributed by atoms with E-state index in [1.165, 1.54) is 5.56 Å². The number of carboxylic acids is 1. The van der Waals surface area contributed by atoms with E-state index in [1.54, 1.807) is 24.3 Å². The average Bonchev–Trinajstić information content (AvgIpc) is 3.35. The van der Waals surface area contributed by atoms with Gasteiger partial charge in [0, 0.05) is 21.5 Å². The van der Waals surface area contributed by atoms with E-state index >= 15 is 0 Å². The Labute approximate surface area is 285 Å². The first-order valence-electron chi connectivity index (χ1n) is 14.5. The molecule has 0 radical (unpaired) electrons. The Morgan fingerprint density at radius 1 is 0.932 bits per heavy atom. The van der Waals surface area contributed by atoms with Crippen molar-refractivity contribution in [1.29, 1.82) is 0 Å². The number of benzene rings is 4. The first-order chi connectivity index (χ1) is 20.7. The van der Waals surface area contributed by atoms with Crippen molar-refractivity contribution >= 4 is 40.1 Å². The molecule has 1 aromatic heterocycles. The quantitative estimate of drug-likeness (QED) is 0.208. The van der Waals surface area contributed by atoms with Gasteiger partial charge in [0.1, 0.15) is 5.75 Å². The SMILES string of the molecule is CCCCc1ccc(-c2cc(Cc3cccc(Cl)c3)c3c(NC(=O)c4cccc(OC(C)C)c4)c(C(=O)[O-])[nH]c3c2)cc1.[Na+]. The van der Waals surface area contributed by atoms with E-state index in [0.717, 1.165) is 41.5 Å². The summed E-state index contributed by atoms with van der Waals surface area (Å²) in [4.78, 5) is 28.8. The number of carbonyl (C=O) groups excluding carboxylic acids is 2. The maximum absolute atomic E-state index is 13.5. The van der Waals surface area contributed by atoms with Gasteiger partial charge in [-0.1, -0.05) is 67.4 Å². The molecule has 1 heterocycles. The number of H-pyrrole nitrogens is 1. The normalized spacial score (nSPS) is 10.9. The molecule has 0 spiro atoms. The molecule has 4 aromatic carbocycles. The summed E-state index contributed by atoms with van der Waals surface area (Å²) in [7, 11) is 0. The van der Waals surface area contributed by atoms with E-state index in [-0.39, 0.29) is 47.0 Å². The van der Waals surface area contributed by atoms with Crippen LogP contribution in [0.15, 0.2) is 84.9 Å². The van der Waals surface area contributed by atoms with Crippen LogP contribution >= 0.6 is 11.6 Å². The number of hydrogen-bond donors (Lipinski definition) is 2. The summed E-state index contributed by atoms with van der Waals surface area (Å²) in [6.07, 6.45) is 3.69. The van der Waals surface area contributed by atoms with Gasteiger partial charge in [0.15, 0.2) is 0 Å². The number of aryl methyl sites for hydroxylation is 1. The van der Waals surface area contributed by atoms with Crippen molar-refractivity contribution in [2.45, 2.75) is 52.6 Å². The van der Waals surface area contributed by atoms with Crippen LogP contribution in [0.3, 0.4) is 0 Å². The number of carbonyl (C=O) groups is 2. The van der Waals surface area contributed by atoms with Gasteiger partial charge in [0.2, 0.25) is 0 Å². The molecule has 0 aliphatic heterocycles. The monoisotopic (exact) mass is 616 g/mol. The summed E-state index contributed by atoms with van der Waals surface area (Å²) in [6.45, 7) is 5.99. The predicted molar refractivity (Wildman–Crippen MR) is 171 cm³/mol. The van der Waals surface area contributed by atoms with Gasteiger partial charge in [0.05, 0.1) is 23.5 Å². The Balaban J connectivity index is 0.00000442. The van der Waals surface area contributed by atoms with Crippen LogP contribution in [0.25, 0.3) is 22.0 Å². The molecular weight excluding hydrogens is 583 g/mol. The number of amides is 1. The molecule has 0 aliphatic rings. The smallest absolute Gasteiger partial charge is 0.543 e. The molecule has 2 N–H and O–H groups in total. The molecule has 6 nitrogen and oxygen atoms in total. The molecule has 0 fully saturated rings. The zero-order valence-electron chi connectivity index (χ0n) is 25.5. The van der Waals surface area contributed by atoms with E-state index in [4.69, 9.17) is 16.3 Å². The number of aromatic nitrogens is 1. The molecular formula is C36H34ClN2NaO4. The van der Waals surface area contributed by atoms with Crippen molar-refractivity contribution in [2.24, 2.45) is 0 Å². The summed E-state index contributed by atoms with van der Waals surface area (Å²) in [6, 6.07) is 26.7. The fraction of sp³-hybridized carbons (Fsp3) is 0.222. The minimum Gasteiger partial charge on any atom is -0.543 e. The number of anilines is 1. The zero-order chi connectivity index (χ0) is 30.5. The third kappa shape index (κ3) is 7.93. The van der Waals surface area contributed by atoms with E-state index in [9.17, 15) is 14.7 Å². The van der Waals surface area contributed by atoms with E-state index in [1.807, 2.05) is 50.2 Å². The van der Waals surface area contributed by atoms with Gasteiger partial charge < -0.3 is 24.9 Å². The van der Waals surface area contributed by atoms with Crippen molar-refractivity contribution in [3.05, 3.63) is 118 Å². The molecule has 0 atom stereocenters. The largest absolute Gasteiger partial charge is 1.00 e. The molecule has 220 valence electrons. The number of halogens is 1. The third-order valence-electron chi connectivity index (χ3n) is 7.28. The Morgan fingerprint density at radius 2 is 1.68 bits per heavy atom. The maximum Gasteiger partial charge on any atom is 1.00 e. The van der Waals surface area contributed by atoms with Crippen LogP contribution in [0.5, 0.6) is 5.75 Å². The zero-order valence-corrected chi connectivity index (χ0v) is 28.3. The molecule has 0 saturated heterocycles. The third-order valence-corrected chi connectivity index (χ3v) is 7.52. The molecule has 0 bridgehead atoms. The second kappa shape index (κ2) is 15.0. The van der Waals surface area contributed by atoms with Gasteiger partial charge in [-0.2, -0.15) is 0 Å². The topological polar surface area (TPSA) is 94.2 Å². The molecule has 44 heavy (non-hydrogen) atoms. The van der Waals surface area contributed by atoms with E-state index < -0.39 is 11.9 Å². The van der Waals surface area contributed by atoms with Crippen LogP contribution in [0.4, 0.5) is 5.69 Å². The first-order valence-corrected chi connectivity index (χ1v) is 14.9. The van der Waals surface area contributed by atoms with Gasteiger partial charge in [-0.15, -0.1) is 0 Å². The minimum atomic E-state index is -1.42. The Morgan fingerprint density at radius 3 is 2.36 bits per heavy atom. The fourth-order valence-corrected chi connectivity index (χ4v) is 5.50. The summed E-state index contributed by atoms with van der Waals surface area (Å²) in [5, 5.41) is 16.4. The van der Waals surface area contributed by atoms with Gasteiger partial charge in [-0.3, -0.25) is 4.79 Å². The van der Waals surface area contributed by atoms with Crippen molar-refractivity contribution in [3.8, 4) is 16.9 Å². The molecule has 5 rings (SSSR count). The van der Waals surface area contributed by atoms with Gasteiger partial charge >= 0.3 is 29.6 Å². The number of rotatable bonds is 11. The Kier molecular flexibility index (Phi) is 11.3. The van der Waals surface area contributed by atoms with Crippen LogP contribution in [0.2, 0.25) is 5.02 Å². The number of carboxylic acid groups (broad SMARTS) is 1.